The Morgan fingerprint density at radius 1 is 1.38 bits per heavy atom. The van der Waals surface area contributed by atoms with Crippen LogP contribution in [0.15, 0.2) is 41.8 Å². The van der Waals surface area contributed by atoms with E-state index in [9.17, 15) is 9.90 Å². The molecule has 0 aliphatic heterocycles. The summed E-state index contributed by atoms with van der Waals surface area (Å²) in [4.78, 5) is 12.9. The standard InChI is InChI=1S/C17H19NO2S/c1-12-9-15(21-10-12)16(19)18-11-17(20,14-7-8-14)13-5-3-2-4-6-13/h2-6,9-10,14,20H,7-8,11H2,1H3,(H,18,19). The number of hydrogen-bond acceptors (Lipinski definition) is 3. The van der Waals surface area contributed by atoms with Crippen LogP contribution < -0.4 is 5.32 Å². The van der Waals surface area contributed by atoms with Crippen molar-refractivity contribution in [2.45, 2.75) is 25.4 Å². The van der Waals surface area contributed by atoms with E-state index < -0.39 is 5.60 Å². The van der Waals surface area contributed by atoms with Crippen molar-refractivity contribution < 1.29 is 9.90 Å². The van der Waals surface area contributed by atoms with Crippen molar-refractivity contribution >= 4 is 17.2 Å². The third kappa shape index (κ3) is 3.01. The molecule has 0 saturated heterocycles. The topological polar surface area (TPSA) is 49.3 Å². The summed E-state index contributed by atoms with van der Waals surface area (Å²) < 4.78 is 0. The summed E-state index contributed by atoms with van der Waals surface area (Å²) in [5, 5.41) is 15.9. The highest BCUT2D eigenvalue weighted by atomic mass is 32.1. The van der Waals surface area contributed by atoms with E-state index in [0.717, 1.165) is 24.0 Å². The maximum Gasteiger partial charge on any atom is 0.261 e. The monoisotopic (exact) mass is 301 g/mol. The molecule has 4 heteroatoms. The van der Waals surface area contributed by atoms with Gasteiger partial charge in [0.2, 0.25) is 0 Å². The van der Waals surface area contributed by atoms with Crippen molar-refractivity contribution in [3.05, 3.63) is 57.8 Å². The van der Waals surface area contributed by atoms with Gasteiger partial charge in [-0.2, -0.15) is 0 Å². The minimum atomic E-state index is -0.955. The van der Waals surface area contributed by atoms with Gasteiger partial charge in [-0.15, -0.1) is 11.3 Å². The lowest BCUT2D eigenvalue weighted by atomic mass is 9.88. The summed E-state index contributed by atoms with van der Waals surface area (Å²) in [7, 11) is 0. The van der Waals surface area contributed by atoms with Crippen molar-refractivity contribution in [1.29, 1.82) is 0 Å². The fraction of sp³-hybridized carbons (Fsp3) is 0.353. The summed E-state index contributed by atoms with van der Waals surface area (Å²) in [6.07, 6.45) is 2.03. The molecule has 1 aromatic carbocycles. The van der Waals surface area contributed by atoms with Gasteiger partial charge >= 0.3 is 0 Å². The number of aryl methyl sites for hydroxylation is 1. The van der Waals surface area contributed by atoms with Gasteiger partial charge < -0.3 is 10.4 Å². The van der Waals surface area contributed by atoms with Crippen LogP contribution in [0.3, 0.4) is 0 Å². The molecule has 1 aliphatic rings. The quantitative estimate of drug-likeness (QED) is 0.891. The molecular weight excluding hydrogens is 282 g/mol. The van der Waals surface area contributed by atoms with E-state index in [1.807, 2.05) is 48.7 Å². The zero-order valence-electron chi connectivity index (χ0n) is 12.0. The van der Waals surface area contributed by atoms with Crippen LogP contribution in [0.4, 0.5) is 0 Å². The van der Waals surface area contributed by atoms with Gasteiger partial charge in [0.1, 0.15) is 5.60 Å². The second-order valence-corrected chi connectivity index (χ2v) is 6.65. The fourth-order valence-corrected chi connectivity index (χ4v) is 3.44. The first-order valence-corrected chi connectivity index (χ1v) is 8.09. The Morgan fingerprint density at radius 2 is 2.10 bits per heavy atom. The van der Waals surface area contributed by atoms with E-state index in [1.165, 1.54) is 11.3 Å². The summed E-state index contributed by atoms with van der Waals surface area (Å²) >= 11 is 1.43. The zero-order valence-corrected chi connectivity index (χ0v) is 12.8. The Labute approximate surface area is 128 Å². The lowest BCUT2D eigenvalue weighted by Gasteiger charge is -2.29. The van der Waals surface area contributed by atoms with E-state index in [-0.39, 0.29) is 18.4 Å². The minimum Gasteiger partial charge on any atom is -0.383 e. The third-order valence-corrected chi connectivity index (χ3v) is 5.05. The van der Waals surface area contributed by atoms with Crippen LogP contribution in [-0.2, 0) is 5.60 Å². The van der Waals surface area contributed by atoms with Gasteiger partial charge in [-0.3, -0.25) is 4.79 Å². The van der Waals surface area contributed by atoms with Gasteiger partial charge in [0.15, 0.2) is 0 Å². The maximum atomic E-state index is 12.2. The first-order chi connectivity index (χ1) is 10.1. The Morgan fingerprint density at radius 3 is 2.67 bits per heavy atom. The number of amides is 1. The average molecular weight is 301 g/mol. The number of aliphatic hydroxyl groups is 1. The predicted molar refractivity (Wildman–Crippen MR) is 84.5 cm³/mol. The van der Waals surface area contributed by atoms with E-state index in [2.05, 4.69) is 5.32 Å². The average Bonchev–Trinajstić information content (AvgIpc) is 3.28. The van der Waals surface area contributed by atoms with Gasteiger partial charge in [-0.05, 0) is 48.3 Å². The molecule has 1 heterocycles. The number of hydrogen-bond donors (Lipinski definition) is 2. The van der Waals surface area contributed by atoms with Crippen LogP contribution in [0.1, 0.15) is 33.6 Å². The van der Waals surface area contributed by atoms with Gasteiger partial charge in [-0.25, -0.2) is 0 Å². The number of benzene rings is 1. The largest absolute Gasteiger partial charge is 0.383 e. The van der Waals surface area contributed by atoms with Crippen molar-refractivity contribution in [3.63, 3.8) is 0 Å². The highest BCUT2D eigenvalue weighted by Gasteiger charge is 2.45. The Bertz CT molecular complexity index is 633. The summed E-state index contributed by atoms with van der Waals surface area (Å²) in [5.41, 5.74) is 1.02. The zero-order chi connectivity index (χ0) is 14.9. The molecule has 3 rings (SSSR count). The summed E-state index contributed by atoms with van der Waals surface area (Å²) in [5.74, 6) is 0.133. The van der Waals surface area contributed by atoms with E-state index in [1.54, 1.807) is 0 Å². The molecule has 1 aromatic heterocycles. The molecule has 1 amide bonds. The molecule has 1 saturated carbocycles. The molecule has 0 radical (unpaired) electrons. The molecule has 3 nitrogen and oxygen atoms in total. The number of carbonyl (C=O) groups is 1. The molecule has 0 spiro atoms. The van der Waals surface area contributed by atoms with Crippen molar-refractivity contribution in [2.75, 3.05) is 6.54 Å². The summed E-state index contributed by atoms with van der Waals surface area (Å²) in [6.45, 7) is 2.23. The van der Waals surface area contributed by atoms with Gasteiger partial charge in [-0.1, -0.05) is 30.3 Å². The molecule has 1 atom stereocenters. The predicted octanol–water partition coefficient (Wildman–Crippen LogP) is 3.08. The Hall–Kier alpha value is -1.65. The number of nitrogens with one attached hydrogen (secondary N) is 1. The van der Waals surface area contributed by atoms with Crippen LogP contribution in [0, 0.1) is 12.8 Å². The Kier molecular flexibility index (Phi) is 3.83. The highest BCUT2D eigenvalue weighted by molar-refractivity contribution is 7.12. The van der Waals surface area contributed by atoms with Crippen LogP contribution in [0.25, 0.3) is 0 Å². The molecule has 2 N–H and O–H groups in total. The van der Waals surface area contributed by atoms with Gasteiger partial charge in [0.05, 0.1) is 11.4 Å². The molecule has 0 bridgehead atoms. The third-order valence-electron chi connectivity index (χ3n) is 4.00. The van der Waals surface area contributed by atoms with Gasteiger partial charge in [0.25, 0.3) is 5.91 Å². The van der Waals surface area contributed by atoms with Crippen molar-refractivity contribution in [2.24, 2.45) is 5.92 Å². The fourth-order valence-electron chi connectivity index (χ4n) is 2.62. The van der Waals surface area contributed by atoms with Crippen LogP contribution in [-0.4, -0.2) is 17.6 Å². The number of rotatable bonds is 5. The summed E-state index contributed by atoms with van der Waals surface area (Å²) in [6, 6.07) is 11.5. The first-order valence-electron chi connectivity index (χ1n) is 7.21. The minimum absolute atomic E-state index is 0.108. The molecule has 1 unspecified atom stereocenters. The Balaban J connectivity index is 1.73. The SMILES string of the molecule is Cc1csc(C(=O)NCC(O)(c2ccccc2)C2CC2)c1. The lowest BCUT2D eigenvalue weighted by molar-refractivity contribution is 0.0135. The molecule has 2 aromatic rings. The lowest BCUT2D eigenvalue weighted by Crippen LogP contribution is -2.42. The first kappa shape index (κ1) is 14.3. The highest BCUT2D eigenvalue weighted by Crippen LogP contribution is 2.45. The van der Waals surface area contributed by atoms with E-state index in [0.29, 0.717) is 4.88 Å². The molecule has 110 valence electrons. The van der Waals surface area contributed by atoms with Crippen LogP contribution in [0.5, 0.6) is 0 Å². The number of thiophene rings is 1. The van der Waals surface area contributed by atoms with Crippen LogP contribution >= 0.6 is 11.3 Å². The normalized spacial score (nSPS) is 17.2. The molecular formula is C17H19NO2S. The van der Waals surface area contributed by atoms with Crippen molar-refractivity contribution in [1.82, 2.24) is 5.32 Å². The smallest absolute Gasteiger partial charge is 0.261 e. The molecule has 21 heavy (non-hydrogen) atoms. The number of carbonyl (C=O) groups excluding carboxylic acids is 1. The molecule has 1 fully saturated rings. The van der Waals surface area contributed by atoms with E-state index in [4.69, 9.17) is 0 Å². The van der Waals surface area contributed by atoms with Crippen LogP contribution in [0.2, 0.25) is 0 Å². The molecule has 1 aliphatic carbocycles. The van der Waals surface area contributed by atoms with E-state index >= 15 is 0 Å². The second kappa shape index (κ2) is 5.62. The second-order valence-electron chi connectivity index (χ2n) is 5.74. The van der Waals surface area contributed by atoms with Gasteiger partial charge in [0, 0.05) is 0 Å². The van der Waals surface area contributed by atoms with Crippen molar-refractivity contribution in [3.8, 4) is 0 Å². The maximum absolute atomic E-state index is 12.2.